The summed E-state index contributed by atoms with van der Waals surface area (Å²) in [6.45, 7) is 0. The SMILES string of the molecule is Cn1cnc(-c2cc(-c3cncnc3)nc3sc(S(=O)C4CCC4)c(N)c23)c1. The number of hydrogen-bond donors (Lipinski definition) is 1. The molecule has 9 heteroatoms. The van der Waals surface area contributed by atoms with E-state index in [9.17, 15) is 4.21 Å². The molecule has 0 radical (unpaired) electrons. The number of nitrogens with zero attached hydrogens (tertiary/aromatic N) is 5. The number of aromatic nitrogens is 5. The van der Waals surface area contributed by atoms with Crippen LogP contribution in [0.5, 0.6) is 0 Å². The van der Waals surface area contributed by atoms with E-state index in [1.807, 2.05) is 23.9 Å². The lowest BCUT2D eigenvalue weighted by atomic mass is 10.0. The lowest BCUT2D eigenvalue weighted by Gasteiger charge is -2.23. The quantitative estimate of drug-likeness (QED) is 0.553. The van der Waals surface area contributed by atoms with Gasteiger partial charge in [0.2, 0.25) is 0 Å². The van der Waals surface area contributed by atoms with Crippen LogP contribution in [-0.4, -0.2) is 34.0 Å². The van der Waals surface area contributed by atoms with E-state index in [0.29, 0.717) is 5.69 Å². The van der Waals surface area contributed by atoms with Crippen LogP contribution in [-0.2, 0) is 17.8 Å². The van der Waals surface area contributed by atoms with Gasteiger partial charge in [-0.25, -0.2) is 19.9 Å². The van der Waals surface area contributed by atoms with Crippen molar-refractivity contribution in [2.75, 3.05) is 5.73 Å². The molecule has 1 atom stereocenters. The van der Waals surface area contributed by atoms with Crippen LogP contribution in [0.2, 0.25) is 0 Å². The van der Waals surface area contributed by atoms with Crippen molar-refractivity contribution >= 4 is 38.0 Å². The lowest BCUT2D eigenvalue weighted by molar-refractivity contribution is 0.505. The van der Waals surface area contributed by atoms with Crippen LogP contribution in [0.3, 0.4) is 0 Å². The highest BCUT2D eigenvalue weighted by Gasteiger charge is 2.29. The van der Waals surface area contributed by atoms with Gasteiger partial charge in [0.25, 0.3) is 0 Å². The van der Waals surface area contributed by atoms with Crippen molar-refractivity contribution in [2.45, 2.75) is 28.7 Å². The zero-order chi connectivity index (χ0) is 19.3. The highest BCUT2D eigenvalue weighted by Crippen LogP contribution is 2.44. The van der Waals surface area contributed by atoms with E-state index < -0.39 is 10.8 Å². The number of aryl methyl sites for hydroxylation is 1. The van der Waals surface area contributed by atoms with Crippen molar-refractivity contribution in [3.05, 3.63) is 37.3 Å². The third-order valence-corrected chi connectivity index (χ3v) is 8.34. The van der Waals surface area contributed by atoms with Crippen molar-refractivity contribution in [3.63, 3.8) is 0 Å². The molecule has 1 saturated carbocycles. The molecule has 0 aromatic carbocycles. The molecule has 142 valence electrons. The fourth-order valence-corrected chi connectivity index (χ4v) is 6.53. The predicted octanol–water partition coefficient (Wildman–Crippen LogP) is 3.40. The van der Waals surface area contributed by atoms with Gasteiger partial charge in [0, 0.05) is 47.4 Å². The Hall–Kier alpha value is -2.65. The van der Waals surface area contributed by atoms with Crippen LogP contribution < -0.4 is 5.73 Å². The summed E-state index contributed by atoms with van der Waals surface area (Å²) in [7, 11) is 0.833. The maximum atomic E-state index is 13.0. The van der Waals surface area contributed by atoms with Crippen molar-refractivity contribution in [3.8, 4) is 22.5 Å². The van der Waals surface area contributed by atoms with Gasteiger partial charge in [-0.15, -0.1) is 11.3 Å². The van der Waals surface area contributed by atoms with Crippen LogP contribution in [0.15, 0.2) is 41.5 Å². The first-order valence-electron chi connectivity index (χ1n) is 8.99. The minimum atomic E-state index is -1.09. The van der Waals surface area contributed by atoms with Crippen LogP contribution in [0, 0.1) is 0 Å². The number of fused-ring (bicyclic) bond motifs is 1. The zero-order valence-corrected chi connectivity index (χ0v) is 16.8. The minimum Gasteiger partial charge on any atom is -0.396 e. The number of imidazole rings is 1. The molecule has 1 fully saturated rings. The van der Waals surface area contributed by atoms with Crippen molar-refractivity contribution in [1.82, 2.24) is 24.5 Å². The summed E-state index contributed by atoms with van der Waals surface area (Å²) in [6, 6.07) is 1.96. The second kappa shape index (κ2) is 6.75. The number of hydrogen-bond acceptors (Lipinski definition) is 7. The molecule has 4 aromatic heterocycles. The number of pyridine rings is 1. The van der Waals surface area contributed by atoms with Gasteiger partial charge in [-0.3, -0.25) is 4.21 Å². The molecule has 1 aliphatic carbocycles. The van der Waals surface area contributed by atoms with Gasteiger partial charge in [0.1, 0.15) is 15.4 Å². The predicted molar refractivity (Wildman–Crippen MR) is 111 cm³/mol. The summed E-state index contributed by atoms with van der Waals surface area (Å²) in [5.41, 5.74) is 10.3. The third kappa shape index (κ3) is 2.82. The lowest BCUT2D eigenvalue weighted by Crippen LogP contribution is -2.23. The molecule has 0 aliphatic heterocycles. The van der Waals surface area contributed by atoms with Crippen molar-refractivity contribution in [1.29, 1.82) is 0 Å². The Morgan fingerprint density at radius 1 is 1.25 bits per heavy atom. The summed E-state index contributed by atoms with van der Waals surface area (Å²) >= 11 is 1.42. The van der Waals surface area contributed by atoms with E-state index in [2.05, 4.69) is 15.0 Å². The van der Waals surface area contributed by atoms with Gasteiger partial charge >= 0.3 is 0 Å². The van der Waals surface area contributed by atoms with E-state index in [1.54, 1.807) is 18.7 Å². The molecule has 0 amide bonds. The molecule has 4 aromatic rings. The fourth-order valence-electron chi connectivity index (χ4n) is 3.32. The number of nitrogen functional groups attached to an aromatic ring is 1. The highest BCUT2D eigenvalue weighted by molar-refractivity contribution is 7.88. The van der Waals surface area contributed by atoms with Gasteiger partial charge < -0.3 is 10.3 Å². The van der Waals surface area contributed by atoms with Gasteiger partial charge in [0.15, 0.2) is 0 Å². The maximum Gasteiger partial charge on any atom is 0.127 e. The molecule has 0 bridgehead atoms. The first kappa shape index (κ1) is 17.4. The van der Waals surface area contributed by atoms with E-state index >= 15 is 0 Å². The topological polar surface area (TPSA) is 99.6 Å². The average molecular weight is 411 g/mol. The van der Waals surface area contributed by atoms with Crippen molar-refractivity contribution in [2.24, 2.45) is 7.05 Å². The molecule has 0 spiro atoms. The van der Waals surface area contributed by atoms with Gasteiger partial charge in [-0.05, 0) is 18.9 Å². The standard InChI is InChI=1S/C19H18N6OS2/c1-25-8-15(23-10-25)13-5-14(11-6-21-9-22-7-11)24-18-16(13)17(20)19(27-18)28(26)12-3-2-4-12/h5-10,12H,2-4,20H2,1H3. The van der Waals surface area contributed by atoms with E-state index in [-0.39, 0.29) is 5.25 Å². The van der Waals surface area contributed by atoms with E-state index in [4.69, 9.17) is 10.7 Å². The van der Waals surface area contributed by atoms with Crippen molar-refractivity contribution < 1.29 is 4.21 Å². The molecular weight excluding hydrogens is 392 g/mol. The second-order valence-electron chi connectivity index (χ2n) is 6.94. The largest absolute Gasteiger partial charge is 0.396 e. The Labute approximate surface area is 168 Å². The normalized spacial score (nSPS) is 15.6. The molecule has 1 aliphatic rings. The maximum absolute atomic E-state index is 13.0. The Morgan fingerprint density at radius 2 is 2.04 bits per heavy atom. The van der Waals surface area contributed by atoms with E-state index in [1.165, 1.54) is 17.7 Å². The number of thiophene rings is 1. The molecule has 5 rings (SSSR count). The summed E-state index contributed by atoms with van der Waals surface area (Å²) in [6.07, 6.45) is 11.8. The van der Waals surface area contributed by atoms with E-state index in [0.717, 1.165) is 56.2 Å². The molecule has 28 heavy (non-hydrogen) atoms. The molecular formula is C19H18N6OS2. The Morgan fingerprint density at radius 3 is 2.68 bits per heavy atom. The van der Waals surface area contributed by atoms with Crippen LogP contribution in [0.1, 0.15) is 19.3 Å². The number of rotatable bonds is 4. The Balaban J connectivity index is 1.76. The Bertz CT molecular complexity index is 1200. The Kier molecular flexibility index (Phi) is 4.21. The van der Waals surface area contributed by atoms with Crippen LogP contribution >= 0.6 is 11.3 Å². The van der Waals surface area contributed by atoms with Crippen LogP contribution in [0.4, 0.5) is 5.69 Å². The number of anilines is 1. The molecule has 1 unspecified atom stereocenters. The summed E-state index contributed by atoms with van der Waals surface area (Å²) in [4.78, 5) is 18.3. The monoisotopic (exact) mass is 410 g/mol. The van der Waals surface area contributed by atoms with Gasteiger partial charge in [-0.2, -0.15) is 0 Å². The molecule has 0 saturated heterocycles. The van der Waals surface area contributed by atoms with Crippen LogP contribution in [0.25, 0.3) is 32.7 Å². The average Bonchev–Trinajstić information content (AvgIpc) is 3.24. The van der Waals surface area contributed by atoms with Gasteiger partial charge in [0.05, 0.1) is 34.2 Å². The molecule has 4 heterocycles. The number of nitrogens with two attached hydrogens (primary N) is 1. The molecule has 7 nitrogen and oxygen atoms in total. The second-order valence-corrected chi connectivity index (χ2v) is 9.87. The first-order chi connectivity index (χ1) is 13.6. The first-order valence-corrected chi connectivity index (χ1v) is 11.0. The summed E-state index contributed by atoms with van der Waals surface area (Å²) in [5, 5.41) is 1.03. The zero-order valence-electron chi connectivity index (χ0n) is 15.2. The third-order valence-electron chi connectivity index (χ3n) is 5.04. The highest BCUT2D eigenvalue weighted by atomic mass is 32.2. The molecule has 2 N–H and O–H groups in total. The van der Waals surface area contributed by atoms with Gasteiger partial charge in [-0.1, -0.05) is 6.42 Å². The summed E-state index contributed by atoms with van der Waals surface area (Å²) < 4.78 is 15.6. The smallest absolute Gasteiger partial charge is 0.127 e. The fraction of sp³-hybridized carbons (Fsp3) is 0.263. The minimum absolute atomic E-state index is 0.204. The summed E-state index contributed by atoms with van der Waals surface area (Å²) in [5.74, 6) is 0.